The molecule has 1 aliphatic heterocycles. The normalized spacial score (nSPS) is 23.1. The van der Waals surface area contributed by atoms with Crippen molar-refractivity contribution in [3.63, 3.8) is 0 Å². The number of halogens is 2. The second-order valence-electron chi connectivity index (χ2n) is 5.83. The predicted molar refractivity (Wildman–Crippen MR) is 70.8 cm³/mol. The predicted octanol–water partition coefficient (Wildman–Crippen LogP) is 2.68. The van der Waals surface area contributed by atoms with Crippen molar-refractivity contribution < 1.29 is 8.78 Å². The lowest BCUT2D eigenvalue weighted by molar-refractivity contribution is 0.126. The third-order valence-electron chi connectivity index (χ3n) is 4.46. The zero-order chi connectivity index (χ0) is 13.3. The zero-order valence-corrected chi connectivity index (χ0v) is 11.1. The van der Waals surface area contributed by atoms with E-state index in [1.54, 1.807) is 0 Å². The summed E-state index contributed by atoms with van der Waals surface area (Å²) in [5.41, 5.74) is 0.400. The molecule has 0 amide bonds. The van der Waals surface area contributed by atoms with E-state index in [9.17, 15) is 8.78 Å². The summed E-state index contributed by atoms with van der Waals surface area (Å²) >= 11 is 0. The topological polar surface area (TPSA) is 15.3 Å². The van der Waals surface area contributed by atoms with Crippen molar-refractivity contribution in [3.05, 3.63) is 35.4 Å². The van der Waals surface area contributed by atoms with Crippen molar-refractivity contribution in [2.75, 3.05) is 19.6 Å². The van der Waals surface area contributed by atoms with Crippen LogP contribution < -0.4 is 5.32 Å². The van der Waals surface area contributed by atoms with Gasteiger partial charge in [0.2, 0.25) is 0 Å². The highest BCUT2D eigenvalue weighted by atomic mass is 19.1. The van der Waals surface area contributed by atoms with Gasteiger partial charge in [-0.3, -0.25) is 4.90 Å². The fraction of sp³-hybridized carbons (Fsp3) is 0.600. The van der Waals surface area contributed by atoms with Crippen LogP contribution in [0.1, 0.15) is 31.2 Å². The second-order valence-corrected chi connectivity index (χ2v) is 5.83. The van der Waals surface area contributed by atoms with Crippen LogP contribution in [-0.4, -0.2) is 30.1 Å². The molecule has 1 aliphatic carbocycles. The number of hydrogen-bond acceptors (Lipinski definition) is 2. The zero-order valence-electron chi connectivity index (χ0n) is 11.1. The number of nitrogens with zero attached hydrogens (tertiary/aromatic N) is 1. The van der Waals surface area contributed by atoms with Gasteiger partial charge in [0.1, 0.15) is 11.6 Å². The van der Waals surface area contributed by atoms with E-state index in [1.807, 2.05) is 0 Å². The summed E-state index contributed by atoms with van der Waals surface area (Å²) in [6.07, 6.45) is 4.89. The van der Waals surface area contributed by atoms with Gasteiger partial charge in [-0.15, -0.1) is 0 Å². The summed E-state index contributed by atoms with van der Waals surface area (Å²) in [6.45, 7) is 3.05. The quantitative estimate of drug-likeness (QED) is 0.885. The average molecular weight is 266 g/mol. The third-order valence-corrected chi connectivity index (χ3v) is 4.46. The molecular weight excluding hydrogens is 246 g/mol. The van der Waals surface area contributed by atoms with Gasteiger partial charge in [-0.05, 0) is 25.0 Å². The molecular formula is C15H20F2N2. The lowest BCUT2D eigenvalue weighted by Crippen LogP contribution is -2.58. The Labute approximate surface area is 112 Å². The first-order valence-corrected chi connectivity index (χ1v) is 7.09. The molecule has 1 saturated carbocycles. The van der Waals surface area contributed by atoms with Crippen LogP contribution in [-0.2, 0) is 6.54 Å². The molecule has 1 saturated heterocycles. The van der Waals surface area contributed by atoms with E-state index < -0.39 is 11.6 Å². The molecule has 0 unspecified atom stereocenters. The van der Waals surface area contributed by atoms with E-state index in [0.29, 0.717) is 6.54 Å². The van der Waals surface area contributed by atoms with Gasteiger partial charge in [0.15, 0.2) is 0 Å². The molecule has 1 aromatic carbocycles. The van der Waals surface area contributed by atoms with Gasteiger partial charge in [-0.1, -0.05) is 18.9 Å². The minimum Gasteiger partial charge on any atom is -0.309 e. The largest absolute Gasteiger partial charge is 0.309 e. The molecule has 0 radical (unpaired) electrons. The Morgan fingerprint density at radius 1 is 1.16 bits per heavy atom. The molecule has 2 fully saturated rings. The van der Waals surface area contributed by atoms with Crippen LogP contribution in [0.4, 0.5) is 8.78 Å². The van der Waals surface area contributed by atoms with Gasteiger partial charge in [0, 0.05) is 37.3 Å². The number of nitrogens with one attached hydrogen (secondary N) is 1. The molecule has 0 aromatic heterocycles. The average Bonchev–Trinajstić information content (AvgIpc) is 2.82. The van der Waals surface area contributed by atoms with E-state index in [-0.39, 0.29) is 11.1 Å². The molecule has 1 aromatic rings. The van der Waals surface area contributed by atoms with Gasteiger partial charge >= 0.3 is 0 Å². The lowest BCUT2D eigenvalue weighted by Gasteiger charge is -2.41. The summed E-state index contributed by atoms with van der Waals surface area (Å²) in [5, 5.41) is 3.61. The van der Waals surface area contributed by atoms with Gasteiger partial charge in [-0.25, -0.2) is 8.78 Å². The number of piperazine rings is 1. The fourth-order valence-electron chi connectivity index (χ4n) is 3.47. The van der Waals surface area contributed by atoms with Crippen LogP contribution in [0.15, 0.2) is 18.2 Å². The van der Waals surface area contributed by atoms with Crippen LogP contribution in [0, 0.1) is 11.6 Å². The van der Waals surface area contributed by atoms with Gasteiger partial charge in [-0.2, -0.15) is 0 Å². The second kappa shape index (κ2) is 5.17. The Bertz CT molecular complexity index is 435. The van der Waals surface area contributed by atoms with Crippen molar-refractivity contribution in [1.82, 2.24) is 10.2 Å². The molecule has 104 valence electrons. The summed E-state index contributed by atoms with van der Waals surface area (Å²) in [5.74, 6) is -0.863. The van der Waals surface area contributed by atoms with Crippen molar-refractivity contribution in [3.8, 4) is 0 Å². The standard InChI is InChI=1S/C15H20F2N2/c16-13-4-3-5-14(17)12(13)10-19-9-8-18-15(11-19)6-1-2-7-15/h3-5,18H,1-2,6-11H2. The molecule has 0 bridgehead atoms. The highest BCUT2D eigenvalue weighted by Crippen LogP contribution is 2.32. The van der Waals surface area contributed by atoms with Crippen LogP contribution in [0.5, 0.6) is 0 Å². The van der Waals surface area contributed by atoms with E-state index in [4.69, 9.17) is 0 Å². The fourth-order valence-corrected chi connectivity index (χ4v) is 3.47. The first kappa shape index (κ1) is 13.0. The molecule has 1 heterocycles. The van der Waals surface area contributed by atoms with E-state index >= 15 is 0 Å². The monoisotopic (exact) mass is 266 g/mol. The van der Waals surface area contributed by atoms with Gasteiger partial charge < -0.3 is 5.32 Å². The lowest BCUT2D eigenvalue weighted by atomic mass is 9.94. The Hall–Kier alpha value is -1.00. The summed E-state index contributed by atoms with van der Waals surface area (Å²) < 4.78 is 27.4. The molecule has 1 N–H and O–H groups in total. The smallest absolute Gasteiger partial charge is 0.130 e. The molecule has 2 nitrogen and oxygen atoms in total. The maximum Gasteiger partial charge on any atom is 0.130 e. The highest BCUT2D eigenvalue weighted by molar-refractivity contribution is 5.20. The van der Waals surface area contributed by atoms with Crippen molar-refractivity contribution in [2.45, 2.75) is 37.8 Å². The van der Waals surface area contributed by atoms with Crippen molar-refractivity contribution in [2.24, 2.45) is 0 Å². The van der Waals surface area contributed by atoms with Crippen LogP contribution in [0.25, 0.3) is 0 Å². The van der Waals surface area contributed by atoms with Crippen LogP contribution in [0.2, 0.25) is 0 Å². The Balaban J connectivity index is 1.73. The summed E-state index contributed by atoms with van der Waals surface area (Å²) in [7, 11) is 0. The number of rotatable bonds is 2. The third kappa shape index (κ3) is 2.65. The molecule has 3 rings (SSSR count). The minimum absolute atomic E-state index is 0.194. The Kier molecular flexibility index (Phi) is 3.54. The number of hydrogen-bond donors (Lipinski definition) is 1. The van der Waals surface area contributed by atoms with E-state index in [2.05, 4.69) is 10.2 Å². The van der Waals surface area contributed by atoms with Crippen LogP contribution >= 0.6 is 0 Å². The molecule has 19 heavy (non-hydrogen) atoms. The SMILES string of the molecule is Fc1cccc(F)c1CN1CCNC2(CCCC2)C1. The minimum atomic E-state index is -0.431. The number of benzene rings is 1. The maximum atomic E-state index is 13.7. The first-order valence-electron chi connectivity index (χ1n) is 7.09. The van der Waals surface area contributed by atoms with Gasteiger partial charge in [0.25, 0.3) is 0 Å². The van der Waals surface area contributed by atoms with Gasteiger partial charge in [0.05, 0.1) is 0 Å². The maximum absolute atomic E-state index is 13.7. The van der Waals surface area contributed by atoms with E-state index in [1.165, 1.54) is 43.9 Å². The van der Waals surface area contributed by atoms with Crippen molar-refractivity contribution >= 4 is 0 Å². The Morgan fingerprint density at radius 2 is 1.84 bits per heavy atom. The molecule has 1 spiro atoms. The highest BCUT2D eigenvalue weighted by Gasteiger charge is 2.37. The van der Waals surface area contributed by atoms with Crippen molar-refractivity contribution in [1.29, 1.82) is 0 Å². The summed E-state index contributed by atoms with van der Waals surface area (Å²) in [4.78, 5) is 2.18. The van der Waals surface area contributed by atoms with E-state index in [0.717, 1.165) is 19.6 Å². The summed E-state index contributed by atoms with van der Waals surface area (Å²) in [6, 6.07) is 4.10. The first-order chi connectivity index (χ1) is 9.19. The molecule has 4 heteroatoms. The molecule has 2 aliphatic rings. The van der Waals surface area contributed by atoms with Crippen LogP contribution in [0.3, 0.4) is 0 Å². The molecule has 0 atom stereocenters. The Morgan fingerprint density at radius 3 is 2.53 bits per heavy atom.